The molecule has 3 aromatic rings. The summed E-state index contributed by atoms with van der Waals surface area (Å²) in [7, 11) is 0. The fourth-order valence-corrected chi connectivity index (χ4v) is 4.19. The Labute approximate surface area is 159 Å². The van der Waals surface area contributed by atoms with Crippen molar-refractivity contribution in [3.63, 3.8) is 0 Å². The second kappa shape index (κ2) is 7.36. The van der Waals surface area contributed by atoms with Gasteiger partial charge in [-0.3, -0.25) is 0 Å². The van der Waals surface area contributed by atoms with Crippen LogP contribution in [0.1, 0.15) is 23.9 Å². The van der Waals surface area contributed by atoms with Crippen LogP contribution in [0.4, 0.5) is 14.9 Å². The molecule has 0 saturated carbocycles. The van der Waals surface area contributed by atoms with Crippen molar-refractivity contribution in [1.82, 2.24) is 25.5 Å². The Hall–Kier alpha value is -2.94. The zero-order valence-electron chi connectivity index (χ0n) is 14.5. The highest BCUT2D eigenvalue weighted by molar-refractivity contribution is 7.99. The standard InChI is InChI=1S/C18H17FN6OS/c1-11-22-23-24-25(11)13-5-2-4-12(10-13)20-18(26)21-16-8-9-27-17-14(16)6-3-7-15(17)19/h2-7,10,16H,8-9H2,1H3,(H2,20,21,26). The third kappa shape index (κ3) is 3.63. The minimum Gasteiger partial charge on any atom is -0.331 e. The third-order valence-corrected chi connectivity index (χ3v) is 5.46. The molecule has 0 saturated heterocycles. The summed E-state index contributed by atoms with van der Waals surface area (Å²) in [4.78, 5) is 13.1. The molecule has 27 heavy (non-hydrogen) atoms. The number of tetrazole rings is 1. The van der Waals surface area contributed by atoms with Crippen molar-refractivity contribution in [3.05, 3.63) is 59.7 Å². The van der Waals surface area contributed by atoms with Crippen LogP contribution in [0.15, 0.2) is 47.4 Å². The monoisotopic (exact) mass is 384 g/mol. The van der Waals surface area contributed by atoms with Gasteiger partial charge in [-0.05, 0) is 53.6 Å². The highest BCUT2D eigenvalue weighted by atomic mass is 32.2. The number of amides is 2. The number of carbonyl (C=O) groups is 1. The lowest BCUT2D eigenvalue weighted by Crippen LogP contribution is -2.34. The van der Waals surface area contributed by atoms with Crippen molar-refractivity contribution in [2.75, 3.05) is 11.1 Å². The summed E-state index contributed by atoms with van der Waals surface area (Å²) in [6, 6.07) is 11.6. The lowest BCUT2D eigenvalue weighted by Gasteiger charge is -2.26. The van der Waals surface area contributed by atoms with Crippen LogP contribution in [0.25, 0.3) is 5.69 Å². The number of benzene rings is 2. The molecular weight excluding hydrogens is 367 g/mol. The Morgan fingerprint density at radius 2 is 2.15 bits per heavy atom. The van der Waals surface area contributed by atoms with Crippen molar-refractivity contribution >= 4 is 23.5 Å². The van der Waals surface area contributed by atoms with Gasteiger partial charge in [-0.25, -0.2) is 9.18 Å². The molecule has 4 rings (SSSR count). The molecule has 2 aromatic carbocycles. The fraction of sp³-hybridized carbons (Fsp3) is 0.222. The van der Waals surface area contributed by atoms with Gasteiger partial charge < -0.3 is 10.6 Å². The van der Waals surface area contributed by atoms with E-state index in [1.807, 2.05) is 18.2 Å². The Morgan fingerprint density at radius 1 is 1.30 bits per heavy atom. The number of rotatable bonds is 3. The lowest BCUT2D eigenvalue weighted by molar-refractivity contribution is 0.248. The third-order valence-electron chi connectivity index (χ3n) is 4.31. The molecule has 7 nitrogen and oxygen atoms in total. The van der Waals surface area contributed by atoms with Crippen molar-refractivity contribution in [2.45, 2.75) is 24.3 Å². The van der Waals surface area contributed by atoms with Gasteiger partial charge in [-0.15, -0.1) is 16.9 Å². The minimum atomic E-state index is -0.340. The maximum absolute atomic E-state index is 14.0. The smallest absolute Gasteiger partial charge is 0.319 e. The number of thioether (sulfide) groups is 1. The van der Waals surface area contributed by atoms with E-state index in [4.69, 9.17) is 0 Å². The second-order valence-corrected chi connectivity index (χ2v) is 7.24. The molecule has 2 N–H and O–H groups in total. The topological polar surface area (TPSA) is 84.7 Å². The van der Waals surface area contributed by atoms with Gasteiger partial charge in [-0.1, -0.05) is 18.2 Å². The molecule has 1 unspecified atom stereocenters. The molecule has 1 atom stereocenters. The van der Waals surface area contributed by atoms with Gasteiger partial charge in [0, 0.05) is 16.3 Å². The predicted octanol–water partition coefficient (Wildman–Crippen LogP) is 3.47. The molecule has 0 radical (unpaired) electrons. The Morgan fingerprint density at radius 3 is 2.96 bits per heavy atom. The van der Waals surface area contributed by atoms with Gasteiger partial charge in [0.15, 0.2) is 5.82 Å². The number of hydrogen-bond acceptors (Lipinski definition) is 5. The largest absolute Gasteiger partial charge is 0.331 e. The second-order valence-electron chi connectivity index (χ2n) is 6.13. The first-order chi connectivity index (χ1) is 13.1. The SMILES string of the molecule is Cc1nnnn1-c1cccc(NC(=O)NC2CCSc3c(F)cccc32)c1. The molecule has 1 aliphatic heterocycles. The minimum absolute atomic E-state index is 0.220. The first-order valence-corrected chi connectivity index (χ1v) is 9.44. The summed E-state index contributed by atoms with van der Waals surface area (Å²) in [6.07, 6.45) is 0.748. The van der Waals surface area contributed by atoms with Crippen LogP contribution in [0.5, 0.6) is 0 Å². The molecule has 9 heteroatoms. The highest BCUT2D eigenvalue weighted by Gasteiger charge is 2.24. The van der Waals surface area contributed by atoms with Crippen LogP contribution in [0, 0.1) is 12.7 Å². The number of aryl methyl sites for hydroxylation is 1. The van der Waals surface area contributed by atoms with E-state index in [-0.39, 0.29) is 17.9 Å². The average molecular weight is 384 g/mol. The maximum Gasteiger partial charge on any atom is 0.319 e. The summed E-state index contributed by atoms with van der Waals surface area (Å²) in [5, 5.41) is 17.2. The molecule has 2 amide bonds. The molecule has 138 valence electrons. The number of nitrogens with zero attached hydrogens (tertiary/aromatic N) is 4. The highest BCUT2D eigenvalue weighted by Crippen LogP contribution is 2.37. The van der Waals surface area contributed by atoms with Gasteiger partial charge in [0.2, 0.25) is 0 Å². The zero-order chi connectivity index (χ0) is 18.8. The van der Waals surface area contributed by atoms with Crippen LogP contribution < -0.4 is 10.6 Å². The molecular formula is C18H17FN6OS. The van der Waals surface area contributed by atoms with E-state index in [9.17, 15) is 9.18 Å². The van der Waals surface area contributed by atoms with E-state index in [2.05, 4.69) is 26.2 Å². The number of nitrogens with one attached hydrogen (secondary N) is 2. The Balaban J connectivity index is 1.48. The summed E-state index contributed by atoms with van der Waals surface area (Å²) in [5.74, 6) is 1.16. The van der Waals surface area contributed by atoms with E-state index in [1.54, 1.807) is 29.8 Å². The normalized spacial score (nSPS) is 15.9. The van der Waals surface area contributed by atoms with Gasteiger partial charge >= 0.3 is 6.03 Å². The fourth-order valence-electron chi connectivity index (χ4n) is 3.05. The Bertz CT molecular complexity index is 991. The number of urea groups is 1. The van der Waals surface area contributed by atoms with Crippen LogP contribution in [-0.4, -0.2) is 32.0 Å². The number of anilines is 1. The van der Waals surface area contributed by atoms with Crippen molar-refractivity contribution in [2.24, 2.45) is 0 Å². The average Bonchev–Trinajstić information content (AvgIpc) is 3.09. The van der Waals surface area contributed by atoms with E-state index in [1.165, 1.54) is 17.8 Å². The van der Waals surface area contributed by atoms with Gasteiger partial charge in [0.05, 0.1) is 11.7 Å². The van der Waals surface area contributed by atoms with E-state index in [0.29, 0.717) is 16.4 Å². The molecule has 1 aromatic heterocycles. The number of hydrogen-bond donors (Lipinski definition) is 2. The van der Waals surface area contributed by atoms with Gasteiger partial charge in [0.1, 0.15) is 5.82 Å². The molecule has 0 bridgehead atoms. The molecule has 0 fully saturated rings. The van der Waals surface area contributed by atoms with Crippen molar-refractivity contribution in [3.8, 4) is 5.69 Å². The van der Waals surface area contributed by atoms with E-state index in [0.717, 1.165) is 23.4 Å². The number of halogens is 1. The summed E-state index contributed by atoms with van der Waals surface area (Å²) in [5.41, 5.74) is 2.18. The molecule has 2 heterocycles. The summed E-state index contributed by atoms with van der Waals surface area (Å²) < 4.78 is 15.6. The van der Waals surface area contributed by atoms with Crippen LogP contribution in [-0.2, 0) is 0 Å². The van der Waals surface area contributed by atoms with Gasteiger partial charge in [-0.2, -0.15) is 4.68 Å². The zero-order valence-corrected chi connectivity index (χ0v) is 15.3. The molecule has 0 spiro atoms. The van der Waals surface area contributed by atoms with E-state index >= 15 is 0 Å². The predicted molar refractivity (Wildman–Crippen MR) is 101 cm³/mol. The maximum atomic E-state index is 14.0. The molecule has 1 aliphatic rings. The Kier molecular flexibility index (Phi) is 4.76. The molecule has 0 aliphatic carbocycles. The van der Waals surface area contributed by atoms with Crippen LogP contribution in [0.3, 0.4) is 0 Å². The van der Waals surface area contributed by atoms with Crippen LogP contribution in [0.2, 0.25) is 0 Å². The van der Waals surface area contributed by atoms with Crippen molar-refractivity contribution < 1.29 is 9.18 Å². The van der Waals surface area contributed by atoms with Crippen LogP contribution >= 0.6 is 11.8 Å². The number of aromatic nitrogens is 4. The lowest BCUT2D eigenvalue weighted by atomic mass is 10.0. The number of fused-ring (bicyclic) bond motifs is 1. The first kappa shape index (κ1) is 17.5. The first-order valence-electron chi connectivity index (χ1n) is 8.46. The quantitative estimate of drug-likeness (QED) is 0.722. The van der Waals surface area contributed by atoms with E-state index < -0.39 is 0 Å². The van der Waals surface area contributed by atoms with Gasteiger partial charge in [0.25, 0.3) is 0 Å². The number of carbonyl (C=O) groups excluding carboxylic acids is 1. The summed E-state index contributed by atoms with van der Waals surface area (Å²) in [6.45, 7) is 1.80. The summed E-state index contributed by atoms with van der Waals surface area (Å²) >= 11 is 1.48. The van der Waals surface area contributed by atoms with Crippen molar-refractivity contribution in [1.29, 1.82) is 0 Å².